The molecule has 3 fully saturated rings. The first-order valence-electron chi connectivity index (χ1n) is 10.4. The lowest BCUT2D eigenvalue weighted by molar-refractivity contribution is -0.158. The molecule has 9 heteroatoms. The number of hydrogen-bond acceptors (Lipinski definition) is 6. The maximum atomic E-state index is 13.5. The Hall–Kier alpha value is -2.42. The average Bonchev–Trinajstić information content (AvgIpc) is 3.13. The lowest BCUT2D eigenvalue weighted by Gasteiger charge is -2.30. The van der Waals surface area contributed by atoms with E-state index in [4.69, 9.17) is 4.52 Å². The van der Waals surface area contributed by atoms with Crippen LogP contribution in [0.1, 0.15) is 51.4 Å². The molecule has 0 bridgehead atoms. The molecule has 0 radical (unpaired) electrons. The first kappa shape index (κ1) is 19.9. The molecule has 2 heterocycles. The zero-order valence-corrected chi connectivity index (χ0v) is 16.5. The Morgan fingerprint density at radius 1 is 1.41 bits per heavy atom. The Morgan fingerprint density at radius 2 is 2.17 bits per heavy atom. The highest BCUT2D eigenvalue weighted by molar-refractivity contribution is 5.97. The lowest BCUT2D eigenvalue weighted by Crippen LogP contribution is -2.48. The Kier molecular flexibility index (Phi) is 5.58. The van der Waals surface area contributed by atoms with Crippen molar-refractivity contribution in [3.8, 4) is 0 Å². The van der Waals surface area contributed by atoms with Gasteiger partial charge in [-0.2, -0.15) is 0 Å². The number of aromatic nitrogens is 1. The number of hydrogen-bond donors (Lipinski definition) is 2. The molecule has 1 aromatic rings. The van der Waals surface area contributed by atoms with Gasteiger partial charge >= 0.3 is 0 Å². The summed E-state index contributed by atoms with van der Waals surface area (Å²) in [5, 5.41) is 16.6. The zero-order chi connectivity index (χ0) is 20.4. The Labute approximate surface area is 169 Å². The molecular weight excluding hydrogens is 376 g/mol. The van der Waals surface area contributed by atoms with Gasteiger partial charge in [-0.25, -0.2) is 5.06 Å². The third-order valence-corrected chi connectivity index (χ3v) is 6.71. The van der Waals surface area contributed by atoms with Crippen LogP contribution >= 0.6 is 0 Å². The van der Waals surface area contributed by atoms with E-state index < -0.39 is 12.0 Å². The maximum absolute atomic E-state index is 13.5. The molecule has 0 unspecified atom stereocenters. The Balaban J connectivity index is 1.50. The van der Waals surface area contributed by atoms with Crippen LogP contribution in [0, 0.1) is 17.3 Å². The minimum Gasteiger partial charge on any atom is -0.338 e. The van der Waals surface area contributed by atoms with Crippen LogP contribution in [0.4, 0.5) is 5.88 Å². The number of amides is 3. The number of nitrogens with zero attached hydrogens (tertiary/aromatic N) is 3. The third-order valence-electron chi connectivity index (χ3n) is 6.71. The minimum atomic E-state index is -0.579. The van der Waals surface area contributed by atoms with E-state index >= 15 is 0 Å². The zero-order valence-electron chi connectivity index (χ0n) is 16.5. The summed E-state index contributed by atoms with van der Waals surface area (Å²) in [5.41, 5.74) is 0.0283. The highest BCUT2D eigenvalue weighted by Crippen LogP contribution is 2.55. The minimum absolute atomic E-state index is 0.0283. The highest BCUT2D eigenvalue weighted by atomic mass is 16.5. The smallest absolute Gasteiger partial charge is 0.249 e. The van der Waals surface area contributed by atoms with Gasteiger partial charge in [0.15, 0.2) is 0 Å². The SMILES string of the molecule is O=CN(O)C[C@@H](CC1CCCC1)C(=O)N1CC2(CC2)C[C@H]1C(=O)Nc1ccno1. The van der Waals surface area contributed by atoms with E-state index in [2.05, 4.69) is 10.5 Å². The molecule has 9 nitrogen and oxygen atoms in total. The van der Waals surface area contributed by atoms with Crippen molar-refractivity contribution in [1.82, 2.24) is 15.1 Å². The van der Waals surface area contributed by atoms with Crippen LogP contribution < -0.4 is 5.32 Å². The van der Waals surface area contributed by atoms with E-state index in [0.29, 0.717) is 36.8 Å². The summed E-state index contributed by atoms with van der Waals surface area (Å²) in [6, 6.07) is 0.979. The molecule has 2 N–H and O–H groups in total. The van der Waals surface area contributed by atoms with Gasteiger partial charge in [0.1, 0.15) is 6.04 Å². The van der Waals surface area contributed by atoms with Gasteiger partial charge in [-0.05, 0) is 37.0 Å². The van der Waals surface area contributed by atoms with Gasteiger partial charge in [-0.1, -0.05) is 30.8 Å². The highest BCUT2D eigenvalue weighted by Gasteiger charge is 2.56. The first-order chi connectivity index (χ1) is 14.0. The van der Waals surface area contributed by atoms with Gasteiger partial charge in [-0.15, -0.1) is 0 Å². The van der Waals surface area contributed by atoms with Gasteiger partial charge in [0, 0.05) is 12.6 Å². The molecule has 0 aromatic carbocycles. The monoisotopic (exact) mass is 404 g/mol. The molecule has 4 rings (SSSR count). The van der Waals surface area contributed by atoms with Crippen molar-refractivity contribution < 1.29 is 24.1 Å². The fraction of sp³-hybridized carbons (Fsp3) is 0.700. The summed E-state index contributed by atoms with van der Waals surface area (Å²) in [4.78, 5) is 39.0. The van der Waals surface area contributed by atoms with Crippen molar-refractivity contribution in [3.05, 3.63) is 12.3 Å². The van der Waals surface area contributed by atoms with Gasteiger partial charge in [0.2, 0.25) is 24.1 Å². The van der Waals surface area contributed by atoms with Crippen LogP contribution in [-0.4, -0.2) is 57.7 Å². The fourth-order valence-corrected chi connectivity index (χ4v) is 4.95. The van der Waals surface area contributed by atoms with Crippen LogP contribution in [-0.2, 0) is 14.4 Å². The molecule has 1 spiro atoms. The van der Waals surface area contributed by atoms with Crippen molar-refractivity contribution in [3.63, 3.8) is 0 Å². The van der Waals surface area contributed by atoms with Crippen LogP contribution in [0.25, 0.3) is 0 Å². The molecule has 3 amide bonds. The predicted molar refractivity (Wildman–Crippen MR) is 102 cm³/mol. The van der Waals surface area contributed by atoms with Crippen LogP contribution in [0.5, 0.6) is 0 Å². The number of nitrogens with one attached hydrogen (secondary N) is 1. The molecule has 1 aromatic heterocycles. The maximum Gasteiger partial charge on any atom is 0.249 e. The second kappa shape index (κ2) is 8.14. The summed E-state index contributed by atoms with van der Waals surface area (Å²) in [5.74, 6) is -0.274. The topological polar surface area (TPSA) is 116 Å². The summed E-state index contributed by atoms with van der Waals surface area (Å²) >= 11 is 0. The normalized spacial score (nSPS) is 23.9. The van der Waals surface area contributed by atoms with Gasteiger partial charge in [-0.3, -0.25) is 24.9 Å². The van der Waals surface area contributed by atoms with Crippen LogP contribution in [0.3, 0.4) is 0 Å². The second-order valence-corrected chi connectivity index (χ2v) is 8.86. The number of rotatable bonds is 8. The average molecular weight is 404 g/mol. The van der Waals surface area contributed by atoms with E-state index in [0.717, 1.165) is 38.5 Å². The standard InChI is InChI=1S/C20H28N4O5/c25-13-23(28)11-15(9-14-3-1-2-4-14)19(27)24-12-20(6-7-20)10-16(24)18(26)22-17-5-8-21-29-17/h5,8,13-16,28H,1-4,6-7,9-12H2,(H,22,26)/t15-,16+/m1/s1. The predicted octanol–water partition coefficient (Wildman–Crippen LogP) is 2.04. The third kappa shape index (κ3) is 4.44. The Morgan fingerprint density at radius 3 is 2.79 bits per heavy atom. The molecule has 3 aliphatic rings. The van der Waals surface area contributed by atoms with E-state index in [9.17, 15) is 19.6 Å². The van der Waals surface area contributed by atoms with E-state index in [1.54, 1.807) is 11.0 Å². The molecule has 1 aliphatic heterocycles. The van der Waals surface area contributed by atoms with Crippen molar-refractivity contribution in [1.29, 1.82) is 0 Å². The van der Waals surface area contributed by atoms with Crippen molar-refractivity contribution in [2.24, 2.45) is 17.3 Å². The number of carbonyl (C=O) groups is 3. The number of carbonyl (C=O) groups excluding carboxylic acids is 3. The second-order valence-electron chi connectivity index (χ2n) is 8.86. The van der Waals surface area contributed by atoms with E-state index in [1.165, 1.54) is 6.20 Å². The van der Waals surface area contributed by atoms with Crippen LogP contribution in [0.2, 0.25) is 0 Å². The van der Waals surface area contributed by atoms with Gasteiger partial charge in [0.25, 0.3) is 0 Å². The molecule has 2 atom stereocenters. The molecule has 29 heavy (non-hydrogen) atoms. The van der Waals surface area contributed by atoms with E-state index in [-0.39, 0.29) is 29.7 Å². The first-order valence-corrected chi connectivity index (χ1v) is 10.4. The van der Waals surface area contributed by atoms with Crippen LogP contribution in [0.15, 0.2) is 16.8 Å². The van der Waals surface area contributed by atoms with Crippen molar-refractivity contribution in [2.45, 2.75) is 57.4 Å². The van der Waals surface area contributed by atoms with Crippen molar-refractivity contribution in [2.75, 3.05) is 18.4 Å². The summed E-state index contributed by atoms with van der Waals surface area (Å²) in [6.45, 7) is 0.507. The molecule has 2 saturated carbocycles. The number of likely N-dealkylation sites (tertiary alicyclic amines) is 1. The molecular formula is C20H28N4O5. The fourth-order valence-electron chi connectivity index (χ4n) is 4.95. The molecule has 2 aliphatic carbocycles. The number of anilines is 1. The van der Waals surface area contributed by atoms with Gasteiger partial charge in [0.05, 0.1) is 18.7 Å². The largest absolute Gasteiger partial charge is 0.338 e. The number of hydroxylamine groups is 2. The Bertz CT molecular complexity index is 742. The van der Waals surface area contributed by atoms with Gasteiger partial charge < -0.3 is 9.42 Å². The van der Waals surface area contributed by atoms with E-state index in [1.807, 2.05) is 0 Å². The molecule has 1 saturated heterocycles. The van der Waals surface area contributed by atoms with Crippen molar-refractivity contribution >= 4 is 24.1 Å². The quantitative estimate of drug-likeness (QED) is 0.389. The summed E-state index contributed by atoms with van der Waals surface area (Å²) < 4.78 is 4.97. The summed E-state index contributed by atoms with van der Waals surface area (Å²) in [6.07, 6.45) is 9.49. The molecule has 158 valence electrons. The lowest BCUT2D eigenvalue weighted by atomic mass is 9.91. The summed E-state index contributed by atoms with van der Waals surface area (Å²) in [7, 11) is 0.